The van der Waals surface area contributed by atoms with Gasteiger partial charge in [0.1, 0.15) is 0 Å². The van der Waals surface area contributed by atoms with Crippen molar-refractivity contribution in [2.45, 2.75) is 59.0 Å². The zero-order chi connectivity index (χ0) is 14.9. The highest BCUT2D eigenvalue weighted by Gasteiger charge is 2.42. The Kier molecular flexibility index (Phi) is 4.48. The Morgan fingerprint density at radius 2 is 1.75 bits per heavy atom. The summed E-state index contributed by atoms with van der Waals surface area (Å²) in [5, 5.41) is 10.7. The largest absolute Gasteiger partial charge is 0.388 e. The van der Waals surface area contributed by atoms with Crippen molar-refractivity contribution in [1.82, 2.24) is 0 Å². The number of aliphatic hydroxyl groups is 1. The first-order chi connectivity index (χ1) is 9.37. The SMILES string of the molecule is Cc1ccc(C(O)C2(CC(C)C)CCCC2)c(F)c1F. The molecule has 1 saturated carbocycles. The smallest absolute Gasteiger partial charge is 0.164 e. The second-order valence-corrected chi connectivity index (χ2v) is 6.67. The van der Waals surface area contributed by atoms with Gasteiger partial charge < -0.3 is 5.11 Å². The van der Waals surface area contributed by atoms with Crippen molar-refractivity contribution < 1.29 is 13.9 Å². The number of halogens is 2. The van der Waals surface area contributed by atoms with Gasteiger partial charge in [0.05, 0.1) is 6.10 Å². The van der Waals surface area contributed by atoms with Crippen LogP contribution in [0.25, 0.3) is 0 Å². The predicted molar refractivity (Wildman–Crippen MR) is 76.4 cm³/mol. The normalized spacial score (nSPS) is 19.6. The third-order valence-electron chi connectivity index (χ3n) is 4.59. The molecule has 0 spiro atoms. The summed E-state index contributed by atoms with van der Waals surface area (Å²) in [6.45, 7) is 5.76. The zero-order valence-electron chi connectivity index (χ0n) is 12.5. The van der Waals surface area contributed by atoms with Gasteiger partial charge in [-0.1, -0.05) is 38.8 Å². The van der Waals surface area contributed by atoms with E-state index in [-0.39, 0.29) is 16.5 Å². The average molecular weight is 282 g/mol. The third kappa shape index (κ3) is 2.73. The maximum Gasteiger partial charge on any atom is 0.164 e. The first kappa shape index (κ1) is 15.4. The van der Waals surface area contributed by atoms with Crippen LogP contribution >= 0.6 is 0 Å². The molecule has 1 aromatic carbocycles. The zero-order valence-corrected chi connectivity index (χ0v) is 12.5. The van der Waals surface area contributed by atoms with Crippen molar-refractivity contribution in [3.8, 4) is 0 Å². The second kappa shape index (κ2) is 5.80. The molecule has 1 unspecified atom stereocenters. The summed E-state index contributed by atoms with van der Waals surface area (Å²) in [5.74, 6) is -1.28. The van der Waals surface area contributed by atoms with E-state index >= 15 is 0 Å². The van der Waals surface area contributed by atoms with Gasteiger partial charge in [0.15, 0.2) is 11.6 Å². The van der Waals surface area contributed by atoms with Crippen LogP contribution in [0.5, 0.6) is 0 Å². The fourth-order valence-corrected chi connectivity index (χ4v) is 3.68. The van der Waals surface area contributed by atoms with Crippen LogP contribution in [-0.4, -0.2) is 5.11 Å². The van der Waals surface area contributed by atoms with Crippen LogP contribution in [0.4, 0.5) is 8.78 Å². The second-order valence-electron chi connectivity index (χ2n) is 6.67. The lowest BCUT2D eigenvalue weighted by molar-refractivity contribution is 0.00832. The van der Waals surface area contributed by atoms with Crippen molar-refractivity contribution in [3.05, 3.63) is 34.9 Å². The topological polar surface area (TPSA) is 20.2 Å². The minimum atomic E-state index is -0.914. The molecule has 1 fully saturated rings. The van der Waals surface area contributed by atoms with Gasteiger partial charge in [0.2, 0.25) is 0 Å². The Morgan fingerprint density at radius 3 is 2.30 bits per heavy atom. The Balaban J connectivity index is 2.38. The highest BCUT2D eigenvalue weighted by atomic mass is 19.2. The van der Waals surface area contributed by atoms with Crippen LogP contribution in [-0.2, 0) is 0 Å². The van der Waals surface area contributed by atoms with E-state index in [9.17, 15) is 13.9 Å². The van der Waals surface area contributed by atoms with E-state index in [0.29, 0.717) is 5.92 Å². The van der Waals surface area contributed by atoms with E-state index in [1.807, 2.05) is 0 Å². The molecule has 1 N–H and O–H groups in total. The standard InChI is InChI=1S/C17H24F2O/c1-11(2)10-17(8-4-5-9-17)16(20)13-7-6-12(3)14(18)15(13)19/h6-7,11,16,20H,4-5,8-10H2,1-3H3. The fourth-order valence-electron chi connectivity index (χ4n) is 3.68. The molecule has 0 heterocycles. The summed E-state index contributed by atoms with van der Waals surface area (Å²) >= 11 is 0. The van der Waals surface area contributed by atoms with Crippen molar-refractivity contribution in [2.24, 2.45) is 11.3 Å². The molecule has 0 aromatic heterocycles. The molecule has 0 radical (unpaired) electrons. The summed E-state index contributed by atoms with van der Waals surface area (Å²) in [7, 11) is 0. The van der Waals surface area contributed by atoms with Crippen molar-refractivity contribution in [1.29, 1.82) is 0 Å². The lowest BCUT2D eigenvalue weighted by Crippen LogP contribution is -2.28. The highest BCUT2D eigenvalue weighted by molar-refractivity contribution is 5.28. The molecule has 1 atom stereocenters. The molecule has 112 valence electrons. The molecular weight excluding hydrogens is 258 g/mol. The molecule has 0 saturated heterocycles. The van der Waals surface area contributed by atoms with Crippen LogP contribution in [0.1, 0.15) is 63.2 Å². The van der Waals surface area contributed by atoms with Crippen LogP contribution < -0.4 is 0 Å². The van der Waals surface area contributed by atoms with E-state index in [0.717, 1.165) is 32.1 Å². The first-order valence-corrected chi connectivity index (χ1v) is 7.50. The minimum absolute atomic E-state index is 0.121. The molecule has 0 bridgehead atoms. The number of rotatable bonds is 4. The van der Waals surface area contributed by atoms with Gasteiger partial charge in [-0.3, -0.25) is 0 Å². The Hall–Kier alpha value is -0.960. The van der Waals surface area contributed by atoms with E-state index in [1.165, 1.54) is 6.92 Å². The van der Waals surface area contributed by atoms with Crippen LogP contribution in [0.3, 0.4) is 0 Å². The Morgan fingerprint density at radius 1 is 1.15 bits per heavy atom. The van der Waals surface area contributed by atoms with Gasteiger partial charge in [-0.05, 0) is 37.7 Å². The number of aryl methyl sites for hydroxylation is 1. The average Bonchev–Trinajstić information content (AvgIpc) is 2.84. The molecular formula is C17H24F2O. The van der Waals surface area contributed by atoms with Crippen LogP contribution in [0.2, 0.25) is 0 Å². The van der Waals surface area contributed by atoms with Crippen LogP contribution in [0.15, 0.2) is 12.1 Å². The predicted octanol–water partition coefficient (Wildman–Crippen LogP) is 4.91. The molecule has 3 heteroatoms. The molecule has 0 aliphatic heterocycles. The van der Waals surface area contributed by atoms with E-state index in [2.05, 4.69) is 13.8 Å². The molecule has 0 amide bonds. The number of hydrogen-bond acceptors (Lipinski definition) is 1. The summed E-state index contributed by atoms with van der Waals surface area (Å²) < 4.78 is 27.9. The van der Waals surface area contributed by atoms with E-state index in [1.54, 1.807) is 12.1 Å². The van der Waals surface area contributed by atoms with E-state index in [4.69, 9.17) is 0 Å². The fraction of sp³-hybridized carbons (Fsp3) is 0.647. The van der Waals surface area contributed by atoms with E-state index < -0.39 is 17.7 Å². The molecule has 1 aliphatic carbocycles. The molecule has 20 heavy (non-hydrogen) atoms. The Labute approximate surface area is 120 Å². The molecule has 1 nitrogen and oxygen atoms in total. The summed E-state index contributed by atoms with van der Waals surface area (Å²) in [4.78, 5) is 0. The van der Waals surface area contributed by atoms with Gasteiger partial charge in [-0.25, -0.2) is 8.78 Å². The van der Waals surface area contributed by atoms with Crippen molar-refractivity contribution in [3.63, 3.8) is 0 Å². The van der Waals surface area contributed by atoms with Crippen LogP contribution in [0, 0.1) is 29.9 Å². The quantitative estimate of drug-likeness (QED) is 0.831. The minimum Gasteiger partial charge on any atom is -0.388 e. The molecule has 1 aromatic rings. The third-order valence-corrected chi connectivity index (χ3v) is 4.59. The maximum absolute atomic E-state index is 14.1. The summed E-state index contributed by atoms with van der Waals surface area (Å²) in [6.07, 6.45) is 3.83. The van der Waals surface area contributed by atoms with Gasteiger partial charge >= 0.3 is 0 Å². The van der Waals surface area contributed by atoms with Gasteiger partial charge in [0, 0.05) is 11.0 Å². The van der Waals surface area contributed by atoms with Gasteiger partial charge in [-0.15, -0.1) is 0 Å². The Bertz CT molecular complexity index is 476. The monoisotopic (exact) mass is 282 g/mol. The maximum atomic E-state index is 14.1. The number of benzene rings is 1. The van der Waals surface area contributed by atoms with Crippen molar-refractivity contribution in [2.75, 3.05) is 0 Å². The molecule has 2 rings (SSSR count). The lowest BCUT2D eigenvalue weighted by Gasteiger charge is -2.36. The molecule has 1 aliphatic rings. The number of hydrogen-bond donors (Lipinski definition) is 1. The summed E-state index contributed by atoms with van der Waals surface area (Å²) in [6, 6.07) is 3.09. The highest BCUT2D eigenvalue weighted by Crippen LogP contribution is 2.52. The summed E-state index contributed by atoms with van der Waals surface area (Å²) in [5.41, 5.74) is 0.106. The number of aliphatic hydroxyl groups excluding tert-OH is 1. The first-order valence-electron chi connectivity index (χ1n) is 7.50. The van der Waals surface area contributed by atoms with Crippen molar-refractivity contribution >= 4 is 0 Å². The van der Waals surface area contributed by atoms with Gasteiger partial charge in [0.25, 0.3) is 0 Å². The van der Waals surface area contributed by atoms with Gasteiger partial charge in [-0.2, -0.15) is 0 Å². The lowest BCUT2D eigenvalue weighted by atomic mass is 9.72.